The molecule has 4 rings (SSSR count). The molecule has 1 aliphatic rings. The van der Waals surface area contributed by atoms with Crippen LogP contribution < -0.4 is 25.2 Å². The standard InChI is InChI=1S/C21H19NO6/c1-2-3-13-8-21(24)28-18-10-15(5-6-16(13)18)25-11-20(23)22-14-4-7-17-19(9-14)27-12-26-17/h4-10H,2-3,11-12H2,1H3,(H,22,23). The average Bonchev–Trinajstić information content (AvgIpc) is 3.14. The molecule has 0 saturated carbocycles. The van der Waals surface area contributed by atoms with Crippen molar-refractivity contribution in [3.05, 3.63) is 58.4 Å². The first-order valence-corrected chi connectivity index (χ1v) is 9.01. The lowest BCUT2D eigenvalue weighted by Gasteiger charge is -2.09. The van der Waals surface area contributed by atoms with Gasteiger partial charge in [-0.15, -0.1) is 0 Å². The number of fused-ring (bicyclic) bond motifs is 2. The molecular weight excluding hydrogens is 362 g/mol. The summed E-state index contributed by atoms with van der Waals surface area (Å²) in [6.45, 7) is 2.05. The van der Waals surface area contributed by atoms with E-state index in [1.165, 1.54) is 6.07 Å². The summed E-state index contributed by atoms with van der Waals surface area (Å²) in [5.74, 6) is 1.37. The van der Waals surface area contributed by atoms with Gasteiger partial charge in [0.1, 0.15) is 11.3 Å². The van der Waals surface area contributed by atoms with Gasteiger partial charge in [0.05, 0.1) is 0 Å². The van der Waals surface area contributed by atoms with Gasteiger partial charge in [-0.05, 0) is 36.2 Å². The Morgan fingerprint density at radius 1 is 1.11 bits per heavy atom. The fraction of sp³-hybridized carbons (Fsp3) is 0.238. The number of carbonyl (C=O) groups is 1. The Bertz CT molecular complexity index is 1090. The maximum absolute atomic E-state index is 12.2. The fourth-order valence-corrected chi connectivity index (χ4v) is 3.10. The third-order valence-corrected chi connectivity index (χ3v) is 4.35. The van der Waals surface area contributed by atoms with E-state index in [2.05, 4.69) is 12.2 Å². The second-order valence-electron chi connectivity index (χ2n) is 6.40. The van der Waals surface area contributed by atoms with Crippen LogP contribution >= 0.6 is 0 Å². The van der Waals surface area contributed by atoms with Gasteiger partial charge in [0.2, 0.25) is 6.79 Å². The fourth-order valence-electron chi connectivity index (χ4n) is 3.10. The SMILES string of the molecule is CCCc1cc(=O)oc2cc(OCC(=O)Nc3ccc4c(c3)OCO4)ccc12. The second kappa shape index (κ2) is 7.64. The quantitative estimate of drug-likeness (QED) is 0.658. The molecule has 2 heterocycles. The highest BCUT2D eigenvalue weighted by Gasteiger charge is 2.14. The lowest BCUT2D eigenvalue weighted by atomic mass is 10.1. The number of nitrogens with one attached hydrogen (secondary N) is 1. The largest absolute Gasteiger partial charge is 0.484 e. The number of anilines is 1. The van der Waals surface area contributed by atoms with Gasteiger partial charge in [-0.2, -0.15) is 0 Å². The normalized spacial score (nSPS) is 12.2. The summed E-state index contributed by atoms with van der Waals surface area (Å²) < 4.78 is 21.3. The van der Waals surface area contributed by atoms with Crippen LogP contribution in [0.5, 0.6) is 17.2 Å². The van der Waals surface area contributed by atoms with Gasteiger partial charge in [0.15, 0.2) is 18.1 Å². The molecule has 0 fully saturated rings. The van der Waals surface area contributed by atoms with Crippen molar-refractivity contribution in [1.29, 1.82) is 0 Å². The molecule has 0 saturated heterocycles. The second-order valence-corrected chi connectivity index (χ2v) is 6.40. The number of carbonyl (C=O) groups excluding carboxylic acids is 1. The van der Waals surface area contributed by atoms with Gasteiger partial charge in [-0.1, -0.05) is 13.3 Å². The van der Waals surface area contributed by atoms with Crippen LogP contribution in [0.3, 0.4) is 0 Å². The summed E-state index contributed by atoms with van der Waals surface area (Å²) in [5.41, 5.74) is 1.59. The van der Waals surface area contributed by atoms with Crippen LogP contribution in [0.25, 0.3) is 11.0 Å². The molecule has 7 heteroatoms. The monoisotopic (exact) mass is 381 g/mol. The molecule has 0 aliphatic carbocycles. The lowest BCUT2D eigenvalue weighted by Crippen LogP contribution is -2.20. The molecule has 0 spiro atoms. The van der Waals surface area contributed by atoms with Crippen molar-refractivity contribution < 1.29 is 23.4 Å². The van der Waals surface area contributed by atoms with Gasteiger partial charge in [-0.25, -0.2) is 4.79 Å². The van der Waals surface area contributed by atoms with Crippen molar-refractivity contribution in [2.24, 2.45) is 0 Å². The van der Waals surface area contributed by atoms with Crippen LogP contribution in [0.1, 0.15) is 18.9 Å². The summed E-state index contributed by atoms with van der Waals surface area (Å²) in [6.07, 6.45) is 1.72. The van der Waals surface area contributed by atoms with Crippen molar-refractivity contribution in [3.63, 3.8) is 0 Å². The Hall–Kier alpha value is -3.48. The first-order valence-electron chi connectivity index (χ1n) is 9.01. The van der Waals surface area contributed by atoms with Crippen molar-refractivity contribution in [2.75, 3.05) is 18.7 Å². The number of rotatable bonds is 6. The van der Waals surface area contributed by atoms with Crippen molar-refractivity contribution in [2.45, 2.75) is 19.8 Å². The van der Waals surface area contributed by atoms with Crippen molar-refractivity contribution >= 4 is 22.6 Å². The summed E-state index contributed by atoms with van der Waals surface area (Å²) >= 11 is 0. The van der Waals surface area contributed by atoms with Crippen LogP contribution in [0.2, 0.25) is 0 Å². The van der Waals surface area contributed by atoms with E-state index in [4.69, 9.17) is 18.6 Å². The molecule has 1 amide bonds. The molecule has 0 radical (unpaired) electrons. The van der Waals surface area contributed by atoms with E-state index >= 15 is 0 Å². The first-order chi connectivity index (χ1) is 13.6. The minimum absolute atomic E-state index is 0.175. The van der Waals surface area contributed by atoms with E-state index in [9.17, 15) is 9.59 Å². The summed E-state index contributed by atoms with van der Waals surface area (Å²) in [4.78, 5) is 23.9. The molecule has 0 unspecified atom stereocenters. The van der Waals surface area contributed by atoms with Crippen molar-refractivity contribution in [1.82, 2.24) is 0 Å². The number of hydrogen-bond acceptors (Lipinski definition) is 6. The van der Waals surface area contributed by atoms with Gasteiger partial charge in [-0.3, -0.25) is 4.79 Å². The summed E-state index contributed by atoms with van der Waals surface area (Å²) in [6, 6.07) is 11.9. The molecule has 0 bridgehead atoms. The number of amides is 1. The molecule has 28 heavy (non-hydrogen) atoms. The maximum Gasteiger partial charge on any atom is 0.336 e. The minimum Gasteiger partial charge on any atom is -0.484 e. The predicted octanol–water partition coefficient (Wildman–Crippen LogP) is 3.49. The Morgan fingerprint density at radius 2 is 1.96 bits per heavy atom. The Morgan fingerprint density at radius 3 is 2.82 bits per heavy atom. The summed E-state index contributed by atoms with van der Waals surface area (Å²) in [5, 5.41) is 3.61. The van der Waals surface area contributed by atoms with E-state index in [1.54, 1.807) is 30.3 Å². The highest BCUT2D eigenvalue weighted by atomic mass is 16.7. The minimum atomic E-state index is -0.395. The van der Waals surface area contributed by atoms with Gasteiger partial charge in [0.25, 0.3) is 5.91 Å². The highest BCUT2D eigenvalue weighted by molar-refractivity contribution is 5.92. The van der Waals surface area contributed by atoms with E-state index in [0.29, 0.717) is 28.5 Å². The smallest absolute Gasteiger partial charge is 0.336 e. The molecule has 2 aromatic carbocycles. The molecule has 1 aromatic heterocycles. The van der Waals surface area contributed by atoms with Gasteiger partial charge >= 0.3 is 5.63 Å². The molecule has 1 N–H and O–H groups in total. The van der Waals surface area contributed by atoms with E-state index < -0.39 is 5.63 Å². The molecule has 0 atom stereocenters. The van der Waals surface area contributed by atoms with E-state index in [1.807, 2.05) is 6.07 Å². The molecule has 7 nitrogen and oxygen atoms in total. The van der Waals surface area contributed by atoms with Crippen LogP contribution in [0.15, 0.2) is 51.7 Å². The van der Waals surface area contributed by atoms with Crippen LogP contribution in [-0.4, -0.2) is 19.3 Å². The zero-order chi connectivity index (χ0) is 19.5. The van der Waals surface area contributed by atoms with E-state index in [0.717, 1.165) is 23.8 Å². The molecule has 144 valence electrons. The van der Waals surface area contributed by atoms with Crippen molar-refractivity contribution in [3.8, 4) is 17.2 Å². The predicted molar refractivity (Wildman–Crippen MR) is 103 cm³/mol. The Balaban J connectivity index is 1.43. The number of benzene rings is 2. The van der Waals surface area contributed by atoms with Gasteiger partial charge in [0, 0.05) is 29.3 Å². The van der Waals surface area contributed by atoms with Gasteiger partial charge < -0.3 is 23.9 Å². The van der Waals surface area contributed by atoms with E-state index in [-0.39, 0.29) is 19.3 Å². The number of aryl methyl sites for hydroxylation is 1. The Kier molecular flexibility index (Phi) is 4.89. The average molecular weight is 381 g/mol. The topological polar surface area (TPSA) is 87.0 Å². The summed E-state index contributed by atoms with van der Waals surface area (Å²) in [7, 11) is 0. The first kappa shape index (κ1) is 17.9. The van der Waals surface area contributed by atoms with Crippen LogP contribution in [0.4, 0.5) is 5.69 Å². The lowest BCUT2D eigenvalue weighted by molar-refractivity contribution is -0.118. The zero-order valence-electron chi connectivity index (χ0n) is 15.3. The third-order valence-electron chi connectivity index (χ3n) is 4.35. The molecule has 3 aromatic rings. The zero-order valence-corrected chi connectivity index (χ0v) is 15.3. The third kappa shape index (κ3) is 3.78. The molecular formula is C21H19NO6. The Labute approximate surface area is 160 Å². The number of hydrogen-bond donors (Lipinski definition) is 1. The molecule has 1 aliphatic heterocycles. The maximum atomic E-state index is 12.2. The van der Waals surface area contributed by atoms with Crippen LogP contribution in [0, 0.1) is 0 Å². The highest BCUT2D eigenvalue weighted by Crippen LogP contribution is 2.34. The van der Waals surface area contributed by atoms with Crippen LogP contribution in [-0.2, 0) is 11.2 Å². The number of ether oxygens (including phenoxy) is 3.